The molecule has 1 heterocycles. The van der Waals surface area contributed by atoms with E-state index in [2.05, 4.69) is 44.8 Å². The van der Waals surface area contributed by atoms with Gasteiger partial charge in [0.2, 0.25) is 0 Å². The van der Waals surface area contributed by atoms with Gasteiger partial charge in [-0.05, 0) is 62.4 Å². The molecule has 0 radical (unpaired) electrons. The molecule has 5 unspecified atom stereocenters. The SMILES string of the molecule is CCCNC1CC(C)CC(C)C1N1CCC(C(C)C)C1. The van der Waals surface area contributed by atoms with Crippen molar-refractivity contribution in [2.24, 2.45) is 23.7 Å². The van der Waals surface area contributed by atoms with Gasteiger partial charge in [-0.1, -0.05) is 34.6 Å². The predicted molar refractivity (Wildman–Crippen MR) is 87.9 cm³/mol. The van der Waals surface area contributed by atoms with E-state index in [9.17, 15) is 0 Å². The van der Waals surface area contributed by atoms with Crippen LogP contribution in [0.3, 0.4) is 0 Å². The van der Waals surface area contributed by atoms with E-state index in [0.29, 0.717) is 0 Å². The van der Waals surface area contributed by atoms with Crippen LogP contribution in [0.25, 0.3) is 0 Å². The Labute approximate surface area is 126 Å². The van der Waals surface area contributed by atoms with Gasteiger partial charge in [-0.2, -0.15) is 0 Å². The topological polar surface area (TPSA) is 15.3 Å². The molecule has 2 nitrogen and oxygen atoms in total. The summed E-state index contributed by atoms with van der Waals surface area (Å²) in [6.45, 7) is 15.9. The molecule has 0 aromatic heterocycles. The Morgan fingerprint density at radius 2 is 1.95 bits per heavy atom. The summed E-state index contributed by atoms with van der Waals surface area (Å²) >= 11 is 0. The Balaban J connectivity index is 2.01. The van der Waals surface area contributed by atoms with Gasteiger partial charge in [0.05, 0.1) is 0 Å². The lowest BCUT2D eigenvalue weighted by Crippen LogP contribution is -2.56. The van der Waals surface area contributed by atoms with Crippen LogP contribution in [-0.2, 0) is 0 Å². The van der Waals surface area contributed by atoms with E-state index in [4.69, 9.17) is 0 Å². The predicted octanol–water partition coefficient (Wildman–Crippen LogP) is 3.77. The van der Waals surface area contributed by atoms with Gasteiger partial charge in [0.25, 0.3) is 0 Å². The van der Waals surface area contributed by atoms with Crippen molar-refractivity contribution in [2.75, 3.05) is 19.6 Å². The lowest BCUT2D eigenvalue weighted by atomic mass is 9.75. The van der Waals surface area contributed by atoms with E-state index in [1.54, 1.807) is 0 Å². The largest absolute Gasteiger partial charge is 0.312 e. The van der Waals surface area contributed by atoms with Crippen LogP contribution in [0.4, 0.5) is 0 Å². The van der Waals surface area contributed by atoms with Crippen molar-refractivity contribution in [3.8, 4) is 0 Å². The number of nitrogens with one attached hydrogen (secondary N) is 1. The van der Waals surface area contributed by atoms with E-state index in [0.717, 1.165) is 35.8 Å². The highest BCUT2D eigenvalue weighted by Crippen LogP contribution is 2.36. The third-order valence-corrected chi connectivity index (χ3v) is 5.70. The van der Waals surface area contributed by atoms with Gasteiger partial charge in [0, 0.05) is 18.6 Å². The zero-order valence-electron chi connectivity index (χ0n) is 14.4. The molecular weight excluding hydrogens is 244 g/mol. The third kappa shape index (κ3) is 3.76. The fourth-order valence-corrected chi connectivity index (χ4v) is 4.62. The van der Waals surface area contributed by atoms with Crippen LogP contribution in [0.5, 0.6) is 0 Å². The highest BCUT2D eigenvalue weighted by atomic mass is 15.2. The highest BCUT2D eigenvalue weighted by molar-refractivity contribution is 4.96. The lowest BCUT2D eigenvalue weighted by Gasteiger charge is -2.45. The van der Waals surface area contributed by atoms with Gasteiger partial charge in [0.15, 0.2) is 0 Å². The molecule has 2 rings (SSSR count). The second kappa shape index (κ2) is 7.26. The third-order valence-electron chi connectivity index (χ3n) is 5.70. The molecule has 2 aliphatic rings. The molecule has 0 aromatic carbocycles. The molecule has 20 heavy (non-hydrogen) atoms. The summed E-state index contributed by atoms with van der Waals surface area (Å²) in [5, 5.41) is 3.86. The van der Waals surface area contributed by atoms with Crippen LogP contribution in [0.2, 0.25) is 0 Å². The molecule has 1 saturated carbocycles. The van der Waals surface area contributed by atoms with E-state index in [-0.39, 0.29) is 0 Å². The van der Waals surface area contributed by atoms with Crippen LogP contribution >= 0.6 is 0 Å². The summed E-state index contributed by atoms with van der Waals surface area (Å²) in [7, 11) is 0. The Morgan fingerprint density at radius 1 is 1.20 bits per heavy atom. The molecular formula is C18H36N2. The van der Waals surface area contributed by atoms with Gasteiger partial charge in [0.1, 0.15) is 0 Å². The number of hydrogen-bond donors (Lipinski definition) is 1. The first-order valence-electron chi connectivity index (χ1n) is 9.00. The molecule has 1 saturated heterocycles. The van der Waals surface area contributed by atoms with Gasteiger partial charge >= 0.3 is 0 Å². The number of likely N-dealkylation sites (tertiary alicyclic amines) is 1. The zero-order valence-corrected chi connectivity index (χ0v) is 14.4. The standard InChI is InChI=1S/C18H36N2/c1-6-8-19-17-11-14(4)10-15(5)18(17)20-9-7-16(12-20)13(2)3/h13-19H,6-12H2,1-5H3. The molecule has 0 amide bonds. The van der Waals surface area contributed by atoms with Gasteiger partial charge in [-0.15, -0.1) is 0 Å². The number of hydrogen-bond acceptors (Lipinski definition) is 2. The number of rotatable bonds is 5. The van der Waals surface area contributed by atoms with E-state index in [1.165, 1.54) is 45.3 Å². The van der Waals surface area contributed by atoms with Crippen molar-refractivity contribution in [3.05, 3.63) is 0 Å². The summed E-state index contributed by atoms with van der Waals surface area (Å²) in [6, 6.07) is 1.50. The Kier molecular flexibility index (Phi) is 5.92. The minimum atomic E-state index is 0.722. The normalized spacial score (nSPS) is 39.6. The first kappa shape index (κ1) is 16.3. The minimum Gasteiger partial charge on any atom is -0.312 e. The molecule has 0 spiro atoms. The molecule has 0 aromatic rings. The van der Waals surface area contributed by atoms with Crippen molar-refractivity contribution < 1.29 is 0 Å². The molecule has 118 valence electrons. The molecule has 5 atom stereocenters. The van der Waals surface area contributed by atoms with Gasteiger partial charge in [-0.25, -0.2) is 0 Å². The zero-order chi connectivity index (χ0) is 14.7. The first-order valence-corrected chi connectivity index (χ1v) is 9.00. The summed E-state index contributed by atoms with van der Waals surface area (Å²) < 4.78 is 0. The fourth-order valence-electron chi connectivity index (χ4n) is 4.62. The van der Waals surface area contributed by atoms with Crippen LogP contribution < -0.4 is 5.32 Å². The average Bonchev–Trinajstić information content (AvgIpc) is 2.85. The molecule has 1 aliphatic carbocycles. The Bertz CT molecular complexity index is 289. The fraction of sp³-hybridized carbons (Fsp3) is 1.00. The van der Waals surface area contributed by atoms with Crippen LogP contribution in [0.1, 0.15) is 60.3 Å². The van der Waals surface area contributed by atoms with E-state index in [1.807, 2.05) is 0 Å². The maximum absolute atomic E-state index is 3.86. The summed E-state index contributed by atoms with van der Waals surface area (Å²) in [6.07, 6.45) is 5.45. The maximum Gasteiger partial charge on any atom is 0.0275 e. The smallest absolute Gasteiger partial charge is 0.0275 e. The van der Waals surface area contributed by atoms with Crippen molar-refractivity contribution in [2.45, 2.75) is 72.4 Å². The molecule has 1 aliphatic heterocycles. The quantitative estimate of drug-likeness (QED) is 0.825. The minimum absolute atomic E-state index is 0.722. The summed E-state index contributed by atoms with van der Waals surface area (Å²) in [5.74, 6) is 3.51. The first-order chi connectivity index (χ1) is 9.52. The number of nitrogens with zero attached hydrogens (tertiary/aromatic N) is 1. The highest BCUT2D eigenvalue weighted by Gasteiger charge is 2.40. The van der Waals surface area contributed by atoms with Crippen LogP contribution in [0.15, 0.2) is 0 Å². The van der Waals surface area contributed by atoms with Crippen molar-refractivity contribution in [1.82, 2.24) is 10.2 Å². The Morgan fingerprint density at radius 3 is 2.55 bits per heavy atom. The molecule has 1 N–H and O–H groups in total. The molecule has 2 heteroatoms. The van der Waals surface area contributed by atoms with Crippen LogP contribution in [0, 0.1) is 23.7 Å². The van der Waals surface area contributed by atoms with Gasteiger partial charge in [-0.3, -0.25) is 4.90 Å². The molecule has 0 bridgehead atoms. The van der Waals surface area contributed by atoms with E-state index >= 15 is 0 Å². The summed E-state index contributed by atoms with van der Waals surface area (Å²) in [5.41, 5.74) is 0. The average molecular weight is 281 g/mol. The monoisotopic (exact) mass is 280 g/mol. The lowest BCUT2D eigenvalue weighted by molar-refractivity contribution is 0.0745. The second-order valence-electron chi connectivity index (χ2n) is 7.89. The van der Waals surface area contributed by atoms with E-state index < -0.39 is 0 Å². The van der Waals surface area contributed by atoms with Gasteiger partial charge < -0.3 is 5.32 Å². The van der Waals surface area contributed by atoms with Crippen molar-refractivity contribution >= 4 is 0 Å². The second-order valence-corrected chi connectivity index (χ2v) is 7.89. The molecule has 2 fully saturated rings. The van der Waals surface area contributed by atoms with Crippen molar-refractivity contribution in [3.63, 3.8) is 0 Å². The maximum atomic E-state index is 3.86. The Hall–Kier alpha value is -0.0800. The van der Waals surface area contributed by atoms with Crippen LogP contribution in [-0.4, -0.2) is 36.6 Å². The van der Waals surface area contributed by atoms with Crippen molar-refractivity contribution in [1.29, 1.82) is 0 Å². The summed E-state index contributed by atoms with van der Waals surface area (Å²) in [4.78, 5) is 2.83.